The van der Waals surface area contributed by atoms with Gasteiger partial charge in [0, 0.05) is 19.3 Å². The summed E-state index contributed by atoms with van der Waals surface area (Å²) in [6, 6.07) is 6.61. The Hall–Kier alpha value is 1.29. The quantitative estimate of drug-likeness (QED) is 0.275. The first-order valence-corrected chi connectivity index (χ1v) is 5.80. The summed E-state index contributed by atoms with van der Waals surface area (Å²) in [6.45, 7) is 2.91. The van der Waals surface area contributed by atoms with E-state index in [-0.39, 0.29) is 71.9 Å². The van der Waals surface area contributed by atoms with Crippen molar-refractivity contribution in [2.24, 2.45) is 0 Å². The molecule has 0 fully saturated rings. The van der Waals surface area contributed by atoms with Crippen molar-refractivity contribution in [3.63, 3.8) is 0 Å². The average molecular weight is 591 g/mol. The molecule has 0 saturated carbocycles. The Labute approximate surface area is 161 Å². The van der Waals surface area contributed by atoms with Gasteiger partial charge in [0.05, 0.1) is 19.6 Å². The van der Waals surface area contributed by atoms with Crippen LogP contribution in [0.3, 0.4) is 0 Å². The van der Waals surface area contributed by atoms with Crippen molar-refractivity contribution in [2.75, 3.05) is 19.6 Å². The predicted octanol–water partition coefficient (Wildman–Crippen LogP) is -10.9. The Morgan fingerprint density at radius 1 is 0.667 bits per heavy atom. The largest absolute Gasteiger partial charge is 1.00 e. The second kappa shape index (κ2) is 14.7. The second-order valence-electron chi connectivity index (χ2n) is 3.87. The fourth-order valence-electron chi connectivity index (χ4n) is 2.04. The molecule has 0 aliphatic heterocycles. The smallest absolute Gasteiger partial charge is 0.0781 e. The topological polar surface area (TPSA) is 82.9 Å². The van der Waals surface area contributed by atoms with E-state index in [1.165, 1.54) is 16.7 Å². The zero-order valence-corrected chi connectivity index (χ0v) is 17.2. The standard InChI is InChI=1S/C12H21N3.3HI/c13-7-4-10-2-1-3-11(5-8-14)12(10)6-9-15;;;/h1-3H,4-9,13-15H2;3*1H. The molecule has 0 unspecified atom stereocenters. The Bertz CT molecular complexity index is 284. The molecule has 3 nitrogen and oxygen atoms in total. The van der Waals surface area contributed by atoms with Crippen LogP contribution in [0.1, 0.15) is 16.7 Å². The van der Waals surface area contributed by atoms with E-state index in [2.05, 4.69) is 35.4 Å². The van der Waals surface area contributed by atoms with Gasteiger partial charge in [0.2, 0.25) is 0 Å². The SMILES string of the molecule is [I-].[I-].[I-].[NH3+]CCc1cccc(CC[NH3+])c1CC[NH3+]. The lowest BCUT2D eigenvalue weighted by Gasteiger charge is -2.11. The van der Waals surface area contributed by atoms with Crippen molar-refractivity contribution >= 4 is 0 Å². The number of halogens is 3. The Morgan fingerprint density at radius 3 is 1.39 bits per heavy atom. The van der Waals surface area contributed by atoms with Gasteiger partial charge in [-0.15, -0.1) is 0 Å². The molecule has 9 N–H and O–H groups in total. The van der Waals surface area contributed by atoms with E-state index >= 15 is 0 Å². The lowest BCUT2D eigenvalue weighted by molar-refractivity contribution is -0.368. The Morgan fingerprint density at radius 2 is 1.06 bits per heavy atom. The summed E-state index contributed by atoms with van der Waals surface area (Å²) in [6.07, 6.45) is 3.26. The van der Waals surface area contributed by atoms with Gasteiger partial charge in [0.1, 0.15) is 0 Å². The monoisotopic (exact) mass is 591 g/mol. The molecule has 0 bridgehead atoms. The molecule has 0 aliphatic rings. The molecule has 0 aromatic heterocycles. The summed E-state index contributed by atoms with van der Waals surface area (Å²) < 4.78 is 0. The summed E-state index contributed by atoms with van der Waals surface area (Å²) in [4.78, 5) is 0. The molecule has 1 rings (SSSR count). The molecule has 0 spiro atoms. The summed E-state index contributed by atoms with van der Waals surface area (Å²) in [5, 5.41) is 0. The number of rotatable bonds is 6. The molecule has 6 heteroatoms. The van der Waals surface area contributed by atoms with E-state index in [9.17, 15) is 0 Å². The normalized spacial score (nSPS) is 8.83. The van der Waals surface area contributed by atoms with E-state index in [4.69, 9.17) is 0 Å². The number of hydrogen-bond acceptors (Lipinski definition) is 0. The minimum Gasteiger partial charge on any atom is -1.00 e. The third kappa shape index (κ3) is 7.78. The molecule has 1 aromatic rings. The van der Waals surface area contributed by atoms with Crippen molar-refractivity contribution in [3.05, 3.63) is 34.9 Å². The fourth-order valence-corrected chi connectivity index (χ4v) is 2.04. The maximum absolute atomic E-state index is 3.95. The fraction of sp³-hybridized carbons (Fsp3) is 0.500. The van der Waals surface area contributed by atoms with E-state index in [1.54, 1.807) is 0 Å². The summed E-state index contributed by atoms with van der Waals surface area (Å²) >= 11 is 0. The molecule has 1 aromatic carbocycles. The molecular formula is C12H24I3N3. The Kier molecular flexibility index (Phi) is 19.9. The van der Waals surface area contributed by atoms with Gasteiger partial charge in [-0.2, -0.15) is 0 Å². The van der Waals surface area contributed by atoms with E-state index in [0.717, 1.165) is 38.9 Å². The van der Waals surface area contributed by atoms with E-state index < -0.39 is 0 Å². The lowest BCUT2D eigenvalue weighted by Crippen LogP contribution is -3.00. The van der Waals surface area contributed by atoms with Crippen LogP contribution in [0, 0.1) is 0 Å². The third-order valence-corrected chi connectivity index (χ3v) is 2.69. The molecule has 0 heterocycles. The first kappa shape index (κ1) is 24.3. The van der Waals surface area contributed by atoms with Gasteiger partial charge in [-0.1, -0.05) is 18.2 Å². The van der Waals surface area contributed by atoms with Gasteiger partial charge < -0.3 is 89.1 Å². The maximum Gasteiger partial charge on any atom is 0.0781 e. The van der Waals surface area contributed by atoms with Crippen molar-refractivity contribution < 1.29 is 89.1 Å². The van der Waals surface area contributed by atoms with Gasteiger partial charge >= 0.3 is 0 Å². The van der Waals surface area contributed by atoms with Crippen LogP contribution in [0.5, 0.6) is 0 Å². The zero-order chi connectivity index (χ0) is 11.1. The molecule has 0 radical (unpaired) electrons. The second-order valence-corrected chi connectivity index (χ2v) is 3.87. The first-order valence-electron chi connectivity index (χ1n) is 5.80. The minimum atomic E-state index is 0. The molecule has 0 amide bonds. The summed E-state index contributed by atoms with van der Waals surface area (Å²) in [5.74, 6) is 0. The average Bonchev–Trinajstić information content (AvgIpc) is 2.23. The first-order chi connectivity index (χ1) is 7.33. The van der Waals surface area contributed by atoms with Crippen LogP contribution in [0.25, 0.3) is 0 Å². The number of benzene rings is 1. The highest BCUT2D eigenvalue weighted by Crippen LogP contribution is 2.16. The van der Waals surface area contributed by atoms with Crippen LogP contribution < -0.4 is 89.1 Å². The van der Waals surface area contributed by atoms with Crippen LogP contribution in [0.4, 0.5) is 0 Å². The minimum absolute atomic E-state index is 0. The maximum atomic E-state index is 3.95. The molecule has 0 saturated heterocycles. The van der Waals surface area contributed by atoms with Gasteiger partial charge in [-0.05, 0) is 16.7 Å². The third-order valence-electron chi connectivity index (χ3n) is 2.69. The molecule has 0 aliphatic carbocycles. The van der Waals surface area contributed by atoms with E-state index in [1.807, 2.05) is 0 Å². The highest BCUT2D eigenvalue weighted by molar-refractivity contribution is 5.36. The van der Waals surface area contributed by atoms with Crippen LogP contribution >= 0.6 is 0 Å². The molecule has 0 atom stereocenters. The summed E-state index contributed by atoms with van der Waals surface area (Å²) in [5.41, 5.74) is 16.2. The number of hydrogen-bond donors (Lipinski definition) is 3. The van der Waals surface area contributed by atoms with Crippen LogP contribution in [0.15, 0.2) is 18.2 Å². The molecule has 108 valence electrons. The van der Waals surface area contributed by atoms with Crippen LogP contribution in [-0.2, 0) is 19.3 Å². The van der Waals surface area contributed by atoms with Gasteiger partial charge in [-0.25, -0.2) is 0 Å². The van der Waals surface area contributed by atoms with Crippen LogP contribution in [0.2, 0.25) is 0 Å². The van der Waals surface area contributed by atoms with Crippen molar-refractivity contribution in [2.45, 2.75) is 19.3 Å². The van der Waals surface area contributed by atoms with Crippen molar-refractivity contribution in [1.82, 2.24) is 0 Å². The number of quaternary nitrogens is 3. The van der Waals surface area contributed by atoms with Crippen molar-refractivity contribution in [3.8, 4) is 0 Å². The Balaban J connectivity index is -0.000000750. The van der Waals surface area contributed by atoms with E-state index in [0.29, 0.717) is 0 Å². The van der Waals surface area contributed by atoms with Crippen LogP contribution in [-0.4, -0.2) is 19.6 Å². The van der Waals surface area contributed by atoms with Gasteiger partial charge in [0.15, 0.2) is 0 Å². The highest BCUT2D eigenvalue weighted by Gasteiger charge is 2.08. The van der Waals surface area contributed by atoms with Gasteiger partial charge in [0.25, 0.3) is 0 Å². The molecule has 18 heavy (non-hydrogen) atoms. The van der Waals surface area contributed by atoms with Crippen molar-refractivity contribution in [1.29, 1.82) is 0 Å². The predicted molar refractivity (Wildman–Crippen MR) is 60.8 cm³/mol. The lowest BCUT2D eigenvalue weighted by atomic mass is 9.94. The molecular weight excluding hydrogens is 567 g/mol. The summed E-state index contributed by atoms with van der Waals surface area (Å²) in [7, 11) is 0. The van der Waals surface area contributed by atoms with Gasteiger partial charge in [-0.3, -0.25) is 0 Å². The zero-order valence-electron chi connectivity index (χ0n) is 10.7. The highest BCUT2D eigenvalue weighted by atomic mass is 127.